The summed E-state index contributed by atoms with van der Waals surface area (Å²) < 4.78 is 5.38. The number of benzene rings is 2. The number of carbonyl (C=O) groups is 1. The third-order valence-corrected chi connectivity index (χ3v) is 3.66. The SMILES string of the molecule is Cc1ccccc1CC(=O)c1ccc2c(c1)COC2. The lowest BCUT2D eigenvalue weighted by Crippen LogP contribution is -2.05. The van der Waals surface area contributed by atoms with Crippen LogP contribution in [-0.2, 0) is 24.4 Å². The molecule has 0 saturated heterocycles. The van der Waals surface area contributed by atoms with Crippen LogP contribution in [0.1, 0.15) is 32.6 Å². The molecule has 0 radical (unpaired) electrons. The molecular formula is C17H16O2. The van der Waals surface area contributed by atoms with E-state index in [1.54, 1.807) is 0 Å². The average molecular weight is 252 g/mol. The summed E-state index contributed by atoms with van der Waals surface area (Å²) in [6.07, 6.45) is 0.465. The van der Waals surface area contributed by atoms with Crippen LogP contribution in [0, 0.1) is 6.92 Å². The van der Waals surface area contributed by atoms with Crippen molar-refractivity contribution in [3.63, 3.8) is 0 Å². The minimum atomic E-state index is 0.170. The molecular weight excluding hydrogens is 236 g/mol. The summed E-state index contributed by atoms with van der Waals surface area (Å²) in [4.78, 5) is 12.3. The molecule has 0 aliphatic carbocycles. The average Bonchev–Trinajstić information content (AvgIpc) is 2.88. The summed E-state index contributed by atoms with van der Waals surface area (Å²) >= 11 is 0. The fourth-order valence-electron chi connectivity index (χ4n) is 2.43. The molecule has 0 bridgehead atoms. The van der Waals surface area contributed by atoms with Crippen LogP contribution in [-0.4, -0.2) is 5.78 Å². The van der Waals surface area contributed by atoms with Gasteiger partial charge in [0.05, 0.1) is 13.2 Å². The topological polar surface area (TPSA) is 26.3 Å². The minimum Gasteiger partial charge on any atom is -0.372 e. The monoisotopic (exact) mass is 252 g/mol. The zero-order chi connectivity index (χ0) is 13.2. The van der Waals surface area contributed by atoms with E-state index in [1.807, 2.05) is 49.4 Å². The zero-order valence-corrected chi connectivity index (χ0v) is 11.0. The maximum atomic E-state index is 12.3. The predicted octanol–water partition coefficient (Wildman–Crippen LogP) is 3.45. The van der Waals surface area contributed by atoms with Crippen molar-refractivity contribution < 1.29 is 9.53 Å². The number of aryl methyl sites for hydroxylation is 1. The van der Waals surface area contributed by atoms with E-state index >= 15 is 0 Å². The van der Waals surface area contributed by atoms with Crippen molar-refractivity contribution in [2.24, 2.45) is 0 Å². The Morgan fingerprint density at radius 2 is 1.89 bits per heavy atom. The van der Waals surface area contributed by atoms with Gasteiger partial charge < -0.3 is 4.74 Å². The van der Waals surface area contributed by atoms with Crippen molar-refractivity contribution in [2.45, 2.75) is 26.6 Å². The van der Waals surface area contributed by atoms with Gasteiger partial charge in [-0.1, -0.05) is 36.4 Å². The van der Waals surface area contributed by atoms with E-state index in [0.29, 0.717) is 19.6 Å². The van der Waals surface area contributed by atoms with Gasteiger partial charge in [0.15, 0.2) is 5.78 Å². The van der Waals surface area contributed by atoms with Crippen LogP contribution in [0.15, 0.2) is 42.5 Å². The van der Waals surface area contributed by atoms with Crippen molar-refractivity contribution in [3.05, 3.63) is 70.3 Å². The number of fused-ring (bicyclic) bond motifs is 1. The van der Waals surface area contributed by atoms with E-state index in [4.69, 9.17) is 4.74 Å². The lowest BCUT2D eigenvalue weighted by atomic mass is 9.97. The number of hydrogen-bond acceptors (Lipinski definition) is 2. The molecule has 96 valence electrons. The van der Waals surface area contributed by atoms with Gasteiger partial charge in [-0.15, -0.1) is 0 Å². The summed E-state index contributed by atoms with van der Waals surface area (Å²) in [5.74, 6) is 0.170. The molecule has 2 aromatic rings. The van der Waals surface area contributed by atoms with Gasteiger partial charge >= 0.3 is 0 Å². The van der Waals surface area contributed by atoms with Gasteiger partial charge in [-0.25, -0.2) is 0 Å². The van der Waals surface area contributed by atoms with Crippen molar-refractivity contribution in [1.82, 2.24) is 0 Å². The molecule has 2 nitrogen and oxygen atoms in total. The largest absolute Gasteiger partial charge is 0.372 e. The highest BCUT2D eigenvalue weighted by molar-refractivity contribution is 5.97. The van der Waals surface area contributed by atoms with Crippen molar-refractivity contribution in [2.75, 3.05) is 0 Å². The Bertz CT molecular complexity index is 629. The molecule has 0 aromatic heterocycles. The molecule has 0 amide bonds. The lowest BCUT2D eigenvalue weighted by molar-refractivity contribution is 0.0992. The Labute approximate surface area is 113 Å². The first-order valence-electron chi connectivity index (χ1n) is 6.51. The molecule has 0 saturated carbocycles. The Morgan fingerprint density at radius 1 is 1.11 bits per heavy atom. The van der Waals surface area contributed by atoms with Gasteiger partial charge in [0.1, 0.15) is 0 Å². The number of ether oxygens (including phenoxy) is 1. The lowest BCUT2D eigenvalue weighted by Gasteiger charge is -2.06. The van der Waals surface area contributed by atoms with E-state index in [2.05, 4.69) is 0 Å². The number of Topliss-reactive ketones (excluding diaryl/α,β-unsaturated/α-hetero) is 1. The molecule has 1 aliphatic rings. The quantitative estimate of drug-likeness (QED) is 0.782. The van der Waals surface area contributed by atoms with Crippen LogP contribution in [0.5, 0.6) is 0 Å². The Balaban J connectivity index is 1.83. The molecule has 19 heavy (non-hydrogen) atoms. The van der Waals surface area contributed by atoms with Crippen molar-refractivity contribution in [3.8, 4) is 0 Å². The molecule has 0 fully saturated rings. The van der Waals surface area contributed by atoms with Crippen molar-refractivity contribution >= 4 is 5.78 Å². The predicted molar refractivity (Wildman–Crippen MR) is 74.1 cm³/mol. The van der Waals surface area contributed by atoms with Crippen LogP contribution < -0.4 is 0 Å². The fraction of sp³-hybridized carbons (Fsp3) is 0.235. The first-order valence-corrected chi connectivity index (χ1v) is 6.51. The second-order valence-corrected chi connectivity index (χ2v) is 5.00. The normalized spacial score (nSPS) is 13.3. The smallest absolute Gasteiger partial charge is 0.167 e. The third kappa shape index (κ3) is 2.45. The van der Waals surface area contributed by atoms with Crippen LogP contribution in [0.25, 0.3) is 0 Å². The van der Waals surface area contributed by atoms with E-state index in [1.165, 1.54) is 11.1 Å². The molecule has 3 rings (SSSR count). The second kappa shape index (κ2) is 4.98. The molecule has 2 heteroatoms. The van der Waals surface area contributed by atoms with Gasteiger partial charge in [-0.3, -0.25) is 4.79 Å². The highest BCUT2D eigenvalue weighted by atomic mass is 16.5. The summed E-state index contributed by atoms with van der Waals surface area (Å²) in [5.41, 5.74) is 5.40. The van der Waals surface area contributed by atoms with Crippen molar-refractivity contribution in [1.29, 1.82) is 0 Å². The van der Waals surface area contributed by atoms with E-state index < -0.39 is 0 Å². The van der Waals surface area contributed by atoms with Crippen LogP contribution >= 0.6 is 0 Å². The maximum absolute atomic E-state index is 12.3. The highest BCUT2D eigenvalue weighted by Crippen LogP contribution is 2.22. The Hall–Kier alpha value is -1.93. The number of ketones is 1. The molecule has 1 aliphatic heterocycles. The van der Waals surface area contributed by atoms with Crippen LogP contribution in [0.3, 0.4) is 0 Å². The Morgan fingerprint density at radius 3 is 2.74 bits per heavy atom. The van der Waals surface area contributed by atoms with E-state index in [0.717, 1.165) is 16.7 Å². The molecule has 0 N–H and O–H groups in total. The number of hydrogen-bond donors (Lipinski definition) is 0. The summed E-state index contributed by atoms with van der Waals surface area (Å²) in [6.45, 7) is 3.33. The molecule has 2 aromatic carbocycles. The maximum Gasteiger partial charge on any atom is 0.167 e. The van der Waals surface area contributed by atoms with E-state index in [9.17, 15) is 4.79 Å². The van der Waals surface area contributed by atoms with Crippen LogP contribution in [0.2, 0.25) is 0 Å². The molecule has 1 heterocycles. The zero-order valence-electron chi connectivity index (χ0n) is 11.0. The van der Waals surface area contributed by atoms with E-state index in [-0.39, 0.29) is 5.78 Å². The minimum absolute atomic E-state index is 0.170. The highest BCUT2D eigenvalue weighted by Gasteiger charge is 2.15. The molecule has 0 spiro atoms. The van der Waals surface area contributed by atoms with Gasteiger partial charge in [-0.2, -0.15) is 0 Å². The standard InChI is InChI=1S/C17H16O2/c1-12-4-2-3-5-13(12)9-17(18)14-6-7-15-10-19-11-16(15)8-14/h2-8H,9-11H2,1H3. The van der Waals surface area contributed by atoms with Gasteiger partial charge in [0.25, 0.3) is 0 Å². The van der Waals surface area contributed by atoms with Gasteiger partial charge in [0.2, 0.25) is 0 Å². The first-order chi connectivity index (χ1) is 9.24. The Kier molecular flexibility index (Phi) is 3.18. The van der Waals surface area contributed by atoms with Gasteiger partial charge in [-0.05, 0) is 35.2 Å². The fourth-order valence-corrected chi connectivity index (χ4v) is 2.43. The molecule has 0 atom stereocenters. The summed E-state index contributed by atoms with van der Waals surface area (Å²) in [7, 11) is 0. The number of carbonyl (C=O) groups excluding carboxylic acids is 1. The summed E-state index contributed by atoms with van der Waals surface area (Å²) in [6, 6.07) is 13.9. The first kappa shape index (κ1) is 12.1. The third-order valence-electron chi connectivity index (χ3n) is 3.66. The summed E-state index contributed by atoms with van der Waals surface area (Å²) in [5, 5.41) is 0. The number of rotatable bonds is 3. The molecule has 0 unspecified atom stereocenters. The van der Waals surface area contributed by atoms with Crippen LogP contribution in [0.4, 0.5) is 0 Å². The van der Waals surface area contributed by atoms with Gasteiger partial charge in [0, 0.05) is 12.0 Å². The second-order valence-electron chi connectivity index (χ2n) is 5.00.